The molecule has 0 aromatic rings. The summed E-state index contributed by atoms with van der Waals surface area (Å²) < 4.78 is 5.32. The van der Waals surface area contributed by atoms with E-state index in [9.17, 15) is 0 Å². The minimum Gasteiger partial charge on any atom is -0.377 e. The first-order chi connectivity index (χ1) is 5.38. The standard InChI is InChI=1S/C10H16O/c1-3-10(11-2)9-7-5-4-6-8-9/h5,7-8,10H,3-4,6H2,1-2H3. The molecule has 0 saturated carbocycles. The number of allylic oxidation sites excluding steroid dienone is 2. The van der Waals surface area contributed by atoms with Gasteiger partial charge in [-0.3, -0.25) is 0 Å². The van der Waals surface area contributed by atoms with Gasteiger partial charge in [-0.05, 0) is 24.8 Å². The second-order valence-electron chi connectivity index (χ2n) is 2.82. The Bertz CT molecular complexity index is 164. The van der Waals surface area contributed by atoms with E-state index in [-0.39, 0.29) is 0 Å². The zero-order valence-electron chi connectivity index (χ0n) is 7.34. The van der Waals surface area contributed by atoms with Crippen LogP contribution < -0.4 is 0 Å². The average Bonchev–Trinajstić information content (AvgIpc) is 2.09. The van der Waals surface area contributed by atoms with E-state index in [2.05, 4.69) is 25.2 Å². The molecule has 0 saturated heterocycles. The highest BCUT2D eigenvalue weighted by atomic mass is 16.5. The summed E-state index contributed by atoms with van der Waals surface area (Å²) in [6.07, 6.45) is 10.4. The van der Waals surface area contributed by atoms with Crippen LogP contribution in [0.15, 0.2) is 23.8 Å². The summed E-state index contributed by atoms with van der Waals surface area (Å²) in [6, 6.07) is 0. The van der Waals surface area contributed by atoms with E-state index < -0.39 is 0 Å². The third-order valence-electron chi connectivity index (χ3n) is 2.05. The van der Waals surface area contributed by atoms with Gasteiger partial charge in [-0.1, -0.05) is 25.2 Å². The Morgan fingerprint density at radius 2 is 2.36 bits per heavy atom. The normalized spacial score (nSPS) is 19.6. The van der Waals surface area contributed by atoms with Gasteiger partial charge in [0.05, 0.1) is 6.10 Å². The molecule has 0 radical (unpaired) electrons. The van der Waals surface area contributed by atoms with Gasteiger partial charge in [-0.2, -0.15) is 0 Å². The molecule has 0 amide bonds. The highest BCUT2D eigenvalue weighted by molar-refractivity contribution is 5.25. The molecular weight excluding hydrogens is 136 g/mol. The van der Waals surface area contributed by atoms with Crippen LogP contribution in [0.2, 0.25) is 0 Å². The maximum Gasteiger partial charge on any atom is 0.0815 e. The maximum absolute atomic E-state index is 5.32. The molecule has 0 heterocycles. The van der Waals surface area contributed by atoms with E-state index in [1.807, 2.05) is 0 Å². The van der Waals surface area contributed by atoms with Crippen LogP contribution in [0.1, 0.15) is 26.2 Å². The van der Waals surface area contributed by atoms with Gasteiger partial charge in [0, 0.05) is 7.11 Å². The van der Waals surface area contributed by atoms with Crippen LogP contribution in [0.3, 0.4) is 0 Å². The van der Waals surface area contributed by atoms with E-state index in [4.69, 9.17) is 4.74 Å². The third-order valence-corrected chi connectivity index (χ3v) is 2.05. The van der Waals surface area contributed by atoms with Crippen LogP contribution in [0.4, 0.5) is 0 Å². The molecular formula is C10H16O. The lowest BCUT2D eigenvalue weighted by molar-refractivity contribution is 0.131. The van der Waals surface area contributed by atoms with E-state index in [0.29, 0.717) is 6.10 Å². The van der Waals surface area contributed by atoms with Crippen molar-refractivity contribution in [2.24, 2.45) is 0 Å². The second kappa shape index (κ2) is 4.35. The molecule has 1 unspecified atom stereocenters. The number of methoxy groups -OCH3 is 1. The molecule has 0 fully saturated rings. The molecule has 1 atom stereocenters. The molecule has 0 N–H and O–H groups in total. The van der Waals surface area contributed by atoms with Crippen molar-refractivity contribution < 1.29 is 4.74 Å². The summed E-state index contributed by atoms with van der Waals surface area (Å²) in [5, 5.41) is 0. The fourth-order valence-electron chi connectivity index (χ4n) is 1.41. The van der Waals surface area contributed by atoms with Crippen LogP contribution in [0.5, 0.6) is 0 Å². The van der Waals surface area contributed by atoms with Gasteiger partial charge in [-0.15, -0.1) is 0 Å². The summed E-state index contributed by atoms with van der Waals surface area (Å²) in [5.74, 6) is 0. The fraction of sp³-hybridized carbons (Fsp3) is 0.600. The second-order valence-corrected chi connectivity index (χ2v) is 2.82. The topological polar surface area (TPSA) is 9.23 Å². The Labute approximate surface area is 68.8 Å². The summed E-state index contributed by atoms with van der Waals surface area (Å²) >= 11 is 0. The molecule has 1 rings (SSSR count). The molecule has 0 aromatic heterocycles. The van der Waals surface area contributed by atoms with Crippen LogP contribution in [-0.2, 0) is 4.74 Å². The Morgan fingerprint density at radius 1 is 1.55 bits per heavy atom. The van der Waals surface area contributed by atoms with Crippen LogP contribution >= 0.6 is 0 Å². The first kappa shape index (κ1) is 8.54. The molecule has 0 bridgehead atoms. The quantitative estimate of drug-likeness (QED) is 0.604. The Balaban J connectivity index is 2.56. The minimum absolute atomic E-state index is 0.312. The predicted molar refractivity (Wildman–Crippen MR) is 47.5 cm³/mol. The largest absolute Gasteiger partial charge is 0.377 e. The molecule has 62 valence electrons. The van der Waals surface area contributed by atoms with E-state index in [0.717, 1.165) is 6.42 Å². The molecule has 11 heavy (non-hydrogen) atoms. The Hall–Kier alpha value is -0.560. The SMILES string of the molecule is CCC(OC)C1=CCCC=C1. The predicted octanol–water partition coefficient (Wildman–Crippen LogP) is 2.69. The van der Waals surface area contributed by atoms with Gasteiger partial charge in [0.1, 0.15) is 0 Å². The third kappa shape index (κ3) is 2.19. The van der Waals surface area contributed by atoms with Crippen molar-refractivity contribution in [2.45, 2.75) is 32.3 Å². The van der Waals surface area contributed by atoms with Crippen molar-refractivity contribution in [3.05, 3.63) is 23.8 Å². The fourth-order valence-corrected chi connectivity index (χ4v) is 1.41. The Kier molecular flexibility index (Phi) is 3.37. The smallest absolute Gasteiger partial charge is 0.0815 e. The molecule has 1 heteroatoms. The highest BCUT2D eigenvalue weighted by Gasteiger charge is 2.08. The van der Waals surface area contributed by atoms with Gasteiger partial charge < -0.3 is 4.74 Å². The van der Waals surface area contributed by atoms with E-state index in [1.54, 1.807) is 7.11 Å². The van der Waals surface area contributed by atoms with Crippen molar-refractivity contribution >= 4 is 0 Å². The zero-order chi connectivity index (χ0) is 8.10. The van der Waals surface area contributed by atoms with Crippen molar-refractivity contribution in [1.82, 2.24) is 0 Å². The van der Waals surface area contributed by atoms with Crippen molar-refractivity contribution in [3.8, 4) is 0 Å². The lowest BCUT2D eigenvalue weighted by atomic mass is 10.0. The van der Waals surface area contributed by atoms with Gasteiger partial charge in [-0.25, -0.2) is 0 Å². The van der Waals surface area contributed by atoms with Crippen LogP contribution in [0, 0.1) is 0 Å². The van der Waals surface area contributed by atoms with Gasteiger partial charge >= 0.3 is 0 Å². The monoisotopic (exact) mass is 152 g/mol. The van der Waals surface area contributed by atoms with Gasteiger partial charge in [0.25, 0.3) is 0 Å². The van der Waals surface area contributed by atoms with Crippen molar-refractivity contribution in [1.29, 1.82) is 0 Å². The lowest BCUT2D eigenvalue weighted by Gasteiger charge is -2.16. The highest BCUT2D eigenvalue weighted by Crippen LogP contribution is 2.17. The summed E-state index contributed by atoms with van der Waals surface area (Å²) in [6.45, 7) is 2.15. The first-order valence-electron chi connectivity index (χ1n) is 4.28. The van der Waals surface area contributed by atoms with Crippen molar-refractivity contribution in [2.75, 3.05) is 7.11 Å². The van der Waals surface area contributed by atoms with Crippen LogP contribution in [0.25, 0.3) is 0 Å². The average molecular weight is 152 g/mol. The number of hydrogen-bond donors (Lipinski definition) is 0. The zero-order valence-corrected chi connectivity index (χ0v) is 7.34. The van der Waals surface area contributed by atoms with Crippen LogP contribution in [-0.4, -0.2) is 13.2 Å². The van der Waals surface area contributed by atoms with Gasteiger partial charge in [0.15, 0.2) is 0 Å². The molecule has 0 aliphatic heterocycles. The summed E-state index contributed by atoms with van der Waals surface area (Å²) in [4.78, 5) is 0. The minimum atomic E-state index is 0.312. The molecule has 1 aliphatic rings. The maximum atomic E-state index is 5.32. The Morgan fingerprint density at radius 3 is 2.82 bits per heavy atom. The summed E-state index contributed by atoms with van der Waals surface area (Å²) in [5.41, 5.74) is 1.35. The number of rotatable bonds is 3. The number of hydrogen-bond acceptors (Lipinski definition) is 1. The first-order valence-corrected chi connectivity index (χ1v) is 4.28. The summed E-state index contributed by atoms with van der Waals surface area (Å²) in [7, 11) is 1.78. The molecule has 0 aromatic carbocycles. The van der Waals surface area contributed by atoms with E-state index in [1.165, 1.54) is 18.4 Å². The lowest BCUT2D eigenvalue weighted by Crippen LogP contribution is -2.11. The molecule has 1 nitrogen and oxygen atoms in total. The van der Waals surface area contributed by atoms with Gasteiger partial charge in [0.2, 0.25) is 0 Å². The van der Waals surface area contributed by atoms with Crippen molar-refractivity contribution in [3.63, 3.8) is 0 Å². The molecule has 0 spiro atoms. The number of ether oxygens (including phenoxy) is 1. The van der Waals surface area contributed by atoms with E-state index >= 15 is 0 Å². The molecule has 1 aliphatic carbocycles.